The highest BCUT2D eigenvalue weighted by molar-refractivity contribution is 7.15. The van der Waals surface area contributed by atoms with Gasteiger partial charge in [0.05, 0.1) is 24.3 Å². The van der Waals surface area contributed by atoms with Crippen molar-refractivity contribution in [1.82, 2.24) is 19.9 Å². The van der Waals surface area contributed by atoms with Crippen molar-refractivity contribution < 1.29 is 4.79 Å². The molecule has 7 heteroatoms. The van der Waals surface area contributed by atoms with Crippen molar-refractivity contribution in [3.8, 4) is 21.8 Å². The Morgan fingerprint density at radius 2 is 1.70 bits per heavy atom. The average Bonchev–Trinajstić information content (AvgIpc) is 3.15. The first-order valence-electron chi connectivity index (χ1n) is 9.50. The Labute approximate surface area is 177 Å². The summed E-state index contributed by atoms with van der Waals surface area (Å²) in [4.78, 5) is 34.6. The molecule has 0 atom stereocenters. The summed E-state index contributed by atoms with van der Waals surface area (Å²) in [6.07, 6.45) is 1.41. The van der Waals surface area contributed by atoms with Gasteiger partial charge < -0.3 is 5.32 Å². The molecule has 0 aliphatic heterocycles. The molecule has 0 fully saturated rings. The van der Waals surface area contributed by atoms with Crippen LogP contribution in [0.3, 0.4) is 0 Å². The van der Waals surface area contributed by atoms with E-state index in [-0.39, 0.29) is 18.0 Å². The van der Waals surface area contributed by atoms with Crippen LogP contribution < -0.4 is 10.9 Å². The zero-order valence-electron chi connectivity index (χ0n) is 16.4. The van der Waals surface area contributed by atoms with Crippen LogP contribution in [0.5, 0.6) is 0 Å². The molecule has 0 spiro atoms. The summed E-state index contributed by atoms with van der Waals surface area (Å²) in [5.74, 6) is -0.250. The van der Waals surface area contributed by atoms with Gasteiger partial charge in [-0.25, -0.2) is 9.97 Å². The van der Waals surface area contributed by atoms with Gasteiger partial charge in [0.1, 0.15) is 11.6 Å². The van der Waals surface area contributed by atoms with Gasteiger partial charge in [-0.3, -0.25) is 14.2 Å². The van der Waals surface area contributed by atoms with E-state index in [0.29, 0.717) is 12.2 Å². The minimum Gasteiger partial charge on any atom is -0.350 e. The molecule has 150 valence electrons. The fraction of sp³-hybridized carbons (Fsp3) is 0.130. The number of benzene rings is 2. The van der Waals surface area contributed by atoms with Crippen molar-refractivity contribution in [2.45, 2.75) is 20.0 Å². The number of nitrogens with zero attached hydrogens (tertiary/aromatic N) is 3. The molecular weight excluding hydrogens is 396 g/mol. The van der Waals surface area contributed by atoms with Crippen LogP contribution in [0.15, 0.2) is 77.9 Å². The molecular formula is C23H20N4O2S. The molecule has 1 N–H and O–H groups in total. The number of aryl methyl sites for hydroxylation is 1. The van der Waals surface area contributed by atoms with E-state index in [9.17, 15) is 9.59 Å². The van der Waals surface area contributed by atoms with E-state index in [2.05, 4.69) is 15.3 Å². The first kappa shape index (κ1) is 19.7. The monoisotopic (exact) mass is 416 g/mol. The molecule has 0 saturated carbocycles. The Hall–Kier alpha value is -3.58. The number of carbonyl (C=O) groups is 1. The van der Waals surface area contributed by atoms with Gasteiger partial charge in [0.2, 0.25) is 5.91 Å². The van der Waals surface area contributed by atoms with Crippen LogP contribution in [0.25, 0.3) is 21.8 Å². The minimum atomic E-state index is -0.265. The Bertz CT molecular complexity index is 1220. The quantitative estimate of drug-likeness (QED) is 0.520. The Balaban J connectivity index is 1.40. The van der Waals surface area contributed by atoms with Crippen LogP contribution in [0, 0.1) is 6.92 Å². The molecule has 4 aromatic rings. The number of rotatable bonds is 6. The summed E-state index contributed by atoms with van der Waals surface area (Å²) < 4.78 is 1.30. The molecule has 4 rings (SSSR count). The number of amides is 1. The first-order chi connectivity index (χ1) is 14.6. The molecule has 0 aliphatic carbocycles. The molecule has 1 amide bonds. The third-order valence-electron chi connectivity index (χ3n) is 4.62. The van der Waals surface area contributed by atoms with Crippen LogP contribution in [-0.4, -0.2) is 20.4 Å². The standard InChI is InChI=1S/C23H20N4O2S/c1-16-20(30-23(26-16)18-10-6-3-7-11-18)13-24-21(28)14-27-15-25-19(12-22(27)29)17-8-4-2-5-9-17/h2-12,15H,13-14H2,1H3,(H,24,28). The molecule has 2 heterocycles. The maximum Gasteiger partial charge on any atom is 0.254 e. The lowest BCUT2D eigenvalue weighted by Gasteiger charge is -2.07. The number of nitrogens with one attached hydrogen (secondary N) is 1. The molecule has 0 bridgehead atoms. The van der Waals surface area contributed by atoms with E-state index in [1.807, 2.05) is 67.6 Å². The first-order valence-corrected chi connectivity index (χ1v) is 10.3. The summed E-state index contributed by atoms with van der Waals surface area (Å²) in [7, 11) is 0. The summed E-state index contributed by atoms with van der Waals surface area (Å²) in [5.41, 5.74) is 3.14. The smallest absolute Gasteiger partial charge is 0.254 e. The lowest BCUT2D eigenvalue weighted by atomic mass is 10.1. The zero-order valence-corrected chi connectivity index (χ0v) is 17.2. The third kappa shape index (κ3) is 4.52. The highest BCUT2D eigenvalue weighted by Crippen LogP contribution is 2.27. The van der Waals surface area contributed by atoms with Gasteiger partial charge in [-0.15, -0.1) is 11.3 Å². The second kappa shape index (κ2) is 8.84. The van der Waals surface area contributed by atoms with Gasteiger partial charge in [0.25, 0.3) is 5.56 Å². The van der Waals surface area contributed by atoms with Gasteiger partial charge in [-0.05, 0) is 6.92 Å². The van der Waals surface area contributed by atoms with Crippen LogP contribution in [0.1, 0.15) is 10.6 Å². The fourth-order valence-electron chi connectivity index (χ4n) is 3.00. The molecule has 2 aromatic heterocycles. The van der Waals surface area contributed by atoms with Crippen LogP contribution in [-0.2, 0) is 17.9 Å². The fourth-order valence-corrected chi connectivity index (χ4v) is 4.00. The summed E-state index contributed by atoms with van der Waals surface area (Å²) in [6, 6.07) is 20.9. The SMILES string of the molecule is Cc1nc(-c2ccccc2)sc1CNC(=O)Cn1cnc(-c2ccccc2)cc1=O. The predicted octanol–water partition coefficient (Wildman–Crippen LogP) is 3.66. The third-order valence-corrected chi connectivity index (χ3v) is 5.83. The van der Waals surface area contributed by atoms with Crippen molar-refractivity contribution in [3.05, 3.63) is 94.0 Å². The second-order valence-electron chi connectivity index (χ2n) is 6.78. The van der Waals surface area contributed by atoms with Crippen molar-refractivity contribution >= 4 is 17.2 Å². The Morgan fingerprint density at radius 1 is 1.03 bits per heavy atom. The lowest BCUT2D eigenvalue weighted by Crippen LogP contribution is -2.31. The van der Waals surface area contributed by atoms with Gasteiger partial charge in [0, 0.05) is 22.1 Å². The largest absolute Gasteiger partial charge is 0.350 e. The normalized spacial score (nSPS) is 10.7. The number of aromatic nitrogens is 3. The number of hydrogen-bond acceptors (Lipinski definition) is 5. The van der Waals surface area contributed by atoms with Gasteiger partial charge in [0.15, 0.2) is 0 Å². The van der Waals surface area contributed by atoms with Gasteiger partial charge in [-0.1, -0.05) is 60.7 Å². The zero-order chi connectivity index (χ0) is 20.9. The number of thiazole rings is 1. The van der Waals surface area contributed by atoms with Crippen molar-refractivity contribution in [2.24, 2.45) is 0 Å². The van der Waals surface area contributed by atoms with E-state index in [1.54, 1.807) is 11.3 Å². The van der Waals surface area contributed by atoms with Gasteiger partial charge >= 0.3 is 0 Å². The number of hydrogen-bond donors (Lipinski definition) is 1. The van der Waals surface area contributed by atoms with E-state index in [4.69, 9.17) is 0 Å². The molecule has 0 unspecified atom stereocenters. The maximum atomic E-state index is 12.4. The Morgan fingerprint density at radius 3 is 2.37 bits per heavy atom. The minimum absolute atomic E-state index is 0.0791. The lowest BCUT2D eigenvalue weighted by molar-refractivity contribution is -0.121. The van der Waals surface area contributed by atoms with Crippen LogP contribution in [0.2, 0.25) is 0 Å². The topological polar surface area (TPSA) is 76.9 Å². The number of carbonyl (C=O) groups excluding carboxylic acids is 1. The van der Waals surface area contributed by atoms with Crippen molar-refractivity contribution in [1.29, 1.82) is 0 Å². The molecule has 0 radical (unpaired) electrons. The molecule has 6 nitrogen and oxygen atoms in total. The van der Waals surface area contributed by atoms with E-state index in [0.717, 1.165) is 26.7 Å². The van der Waals surface area contributed by atoms with Crippen molar-refractivity contribution in [2.75, 3.05) is 0 Å². The second-order valence-corrected chi connectivity index (χ2v) is 7.86. The van der Waals surface area contributed by atoms with Gasteiger partial charge in [-0.2, -0.15) is 0 Å². The molecule has 0 saturated heterocycles. The van der Waals surface area contributed by atoms with Crippen molar-refractivity contribution in [3.63, 3.8) is 0 Å². The van der Waals surface area contributed by atoms with E-state index < -0.39 is 0 Å². The predicted molar refractivity (Wildman–Crippen MR) is 118 cm³/mol. The maximum absolute atomic E-state index is 12.4. The van der Waals surface area contributed by atoms with E-state index >= 15 is 0 Å². The van der Waals surface area contributed by atoms with E-state index in [1.165, 1.54) is 17.0 Å². The summed E-state index contributed by atoms with van der Waals surface area (Å²) >= 11 is 1.56. The summed E-state index contributed by atoms with van der Waals surface area (Å²) in [5, 5.41) is 3.80. The molecule has 0 aliphatic rings. The van der Waals surface area contributed by atoms with Crippen LogP contribution >= 0.6 is 11.3 Å². The van der Waals surface area contributed by atoms with Crippen LogP contribution in [0.4, 0.5) is 0 Å². The average molecular weight is 417 g/mol. The molecule has 30 heavy (non-hydrogen) atoms. The summed E-state index contributed by atoms with van der Waals surface area (Å²) in [6.45, 7) is 2.23. The Kier molecular flexibility index (Phi) is 5.81. The molecule has 2 aromatic carbocycles. The highest BCUT2D eigenvalue weighted by Gasteiger charge is 2.12. The highest BCUT2D eigenvalue weighted by atomic mass is 32.1.